The number of nitrogens with one attached hydrogen (secondary N) is 1. The number of benzene rings is 1. The molecule has 26 heavy (non-hydrogen) atoms. The Labute approximate surface area is 155 Å². The first kappa shape index (κ1) is 19.3. The summed E-state index contributed by atoms with van der Waals surface area (Å²) in [6.45, 7) is 0.150. The van der Waals surface area contributed by atoms with Crippen LogP contribution in [0, 0.1) is 11.8 Å². The van der Waals surface area contributed by atoms with Crippen LogP contribution in [0.5, 0.6) is 0 Å². The number of rotatable bonds is 6. The van der Waals surface area contributed by atoms with E-state index in [1.165, 1.54) is 25.7 Å². The molecule has 144 valence electrons. The van der Waals surface area contributed by atoms with Gasteiger partial charge in [-0.3, -0.25) is 4.79 Å². The van der Waals surface area contributed by atoms with Crippen molar-refractivity contribution < 1.29 is 17.9 Å². The molecule has 0 aliphatic heterocycles. The molecule has 3 rings (SSSR count). The van der Waals surface area contributed by atoms with Gasteiger partial charge in [-0.15, -0.1) is 0 Å². The average molecular weight is 381 g/mol. The van der Waals surface area contributed by atoms with Gasteiger partial charge in [-0.1, -0.05) is 6.42 Å². The van der Waals surface area contributed by atoms with Gasteiger partial charge >= 0.3 is 0 Å². The van der Waals surface area contributed by atoms with Crippen LogP contribution in [-0.4, -0.2) is 45.9 Å². The number of hydrogen-bond donors (Lipinski definition) is 2. The van der Waals surface area contributed by atoms with E-state index in [-0.39, 0.29) is 35.2 Å². The average Bonchev–Trinajstić information content (AvgIpc) is 2.61. The predicted molar refractivity (Wildman–Crippen MR) is 99.7 cm³/mol. The van der Waals surface area contributed by atoms with Crippen LogP contribution in [0.1, 0.15) is 42.5 Å². The van der Waals surface area contributed by atoms with Gasteiger partial charge in [0.05, 0.1) is 17.3 Å². The Bertz CT molecular complexity index is 718. The molecule has 0 radical (unpaired) electrons. The van der Waals surface area contributed by atoms with Crippen LogP contribution in [0.2, 0.25) is 0 Å². The van der Waals surface area contributed by atoms with E-state index in [0.717, 1.165) is 25.7 Å². The molecule has 0 heterocycles. The number of ether oxygens (including phenoxy) is 1. The van der Waals surface area contributed by atoms with E-state index in [2.05, 4.69) is 5.32 Å². The maximum absolute atomic E-state index is 12.6. The molecular weight excluding hydrogens is 352 g/mol. The molecule has 1 aromatic carbocycles. The first-order chi connectivity index (χ1) is 12.4. The SMILES string of the molecule is COCCS(=O)(=O)c1ccc(C(=O)NC2C3CCCC2CC(N)C3)cc1. The second-order valence-corrected chi connectivity index (χ2v) is 9.63. The molecule has 2 atom stereocenters. The molecule has 2 saturated carbocycles. The van der Waals surface area contributed by atoms with Gasteiger partial charge in [-0.2, -0.15) is 0 Å². The lowest BCUT2D eigenvalue weighted by atomic mass is 9.67. The topological polar surface area (TPSA) is 98.5 Å². The fourth-order valence-corrected chi connectivity index (χ4v) is 5.56. The molecule has 2 fully saturated rings. The Kier molecular flexibility index (Phi) is 5.99. The van der Waals surface area contributed by atoms with Gasteiger partial charge in [0.15, 0.2) is 9.84 Å². The molecule has 1 aromatic rings. The summed E-state index contributed by atoms with van der Waals surface area (Å²) in [4.78, 5) is 12.9. The molecule has 2 aliphatic rings. The molecule has 2 aliphatic carbocycles. The molecule has 0 spiro atoms. The van der Waals surface area contributed by atoms with E-state index in [9.17, 15) is 13.2 Å². The summed E-state index contributed by atoms with van der Waals surface area (Å²) in [6, 6.07) is 6.59. The van der Waals surface area contributed by atoms with E-state index in [4.69, 9.17) is 10.5 Å². The second-order valence-electron chi connectivity index (χ2n) is 7.52. The van der Waals surface area contributed by atoms with Gasteiger partial charge < -0.3 is 15.8 Å². The summed E-state index contributed by atoms with van der Waals surface area (Å²) >= 11 is 0. The fraction of sp³-hybridized carbons (Fsp3) is 0.632. The minimum absolute atomic E-state index is 0.0687. The van der Waals surface area contributed by atoms with Crippen LogP contribution in [0.3, 0.4) is 0 Å². The zero-order valence-electron chi connectivity index (χ0n) is 15.2. The quantitative estimate of drug-likeness (QED) is 0.783. The van der Waals surface area contributed by atoms with Crippen LogP contribution in [-0.2, 0) is 14.6 Å². The van der Waals surface area contributed by atoms with Crippen LogP contribution < -0.4 is 11.1 Å². The molecular formula is C19H28N2O4S. The normalized spacial score (nSPS) is 28.5. The van der Waals surface area contributed by atoms with E-state index in [0.29, 0.717) is 17.4 Å². The monoisotopic (exact) mass is 380 g/mol. The number of fused-ring (bicyclic) bond motifs is 2. The molecule has 6 nitrogen and oxygen atoms in total. The predicted octanol–water partition coefficient (Wildman–Crippen LogP) is 1.74. The maximum Gasteiger partial charge on any atom is 0.251 e. The summed E-state index contributed by atoms with van der Waals surface area (Å²) in [5, 5.41) is 3.19. The van der Waals surface area contributed by atoms with Crippen LogP contribution in [0.4, 0.5) is 0 Å². The third-order valence-corrected chi connectivity index (χ3v) is 7.40. The lowest BCUT2D eigenvalue weighted by Crippen LogP contribution is -2.53. The Balaban J connectivity index is 1.67. The van der Waals surface area contributed by atoms with Crippen LogP contribution in [0.25, 0.3) is 0 Å². The van der Waals surface area contributed by atoms with E-state index in [1.807, 2.05) is 0 Å². The Morgan fingerprint density at radius 3 is 2.38 bits per heavy atom. The number of hydrogen-bond acceptors (Lipinski definition) is 5. The van der Waals surface area contributed by atoms with Crippen LogP contribution in [0.15, 0.2) is 29.2 Å². The smallest absolute Gasteiger partial charge is 0.251 e. The second kappa shape index (κ2) is 8.06. The zero-order chi connectivity index (χ0) is 18.7. The van der Waals surface area contributed by atoms with Crippen molar-refractivity contribution in [2.24, 2.45) is 17.6 Å². The highest BCUT2D eigenvalue weighted by molar-refractivity contribution is 7.91. The van der Waals surface area contributed by atoms with Crippen LogP contribution >= 0.6 is 0 Å². The highest BCUT2D eigenvalue weighted by atomic mass is 32.2. The zero-order valence-corrected chi connectivity index (χ0v) is 16.0. The summed E-state index contributed by atoms with van der Waals surface area (Å²) in [5.41, 5.74) is 6.63. The number of carbonyl (C=O) groups is 1. The van der Waals surface area contributed by atoms with E-state index < -0.39 is 9.84 Å². The van der Waals surface area contributed by atoms with E-state index >= 15 is 0 Å². The Morgan fingerprint density at radius 1 is 1.19 bits per heavy atom. The Hall–Kier alpha value is -1.44. The summed E-state index contributed by atoms with van der Waals surface area (Å²) in [5.74, 6) is 0.703. The van der Waals surface area contributed by atoms with Crippen molar-refractivity contribution in [1.29, 1.82) is 0 Å². The van der Waals surface area contributed by atoms with Crippen molar-refractivity contribution in [2.45, 2.75) is 49.1 Å². The first-order valence-corrected chi connectivity index (χ1v) is 10.9. The molecule has 7 heteroatoms. The van der Waals surface area contributed by atoms with Gasteiger partial charge in [-0.25, -0.2) is 8.42 Å². The van der Waals surface area contributed by atoms with Gasteiger partial charge in [-0.05, 0) is 61.8 Å². The summed E-state index contributed by atoms with van der Waals surface area (Å²) in [7, 11) is -1.91. The molecule has 0 saturated heterocycles. The van der Waals surface area contributed by atoms with Crippen molar-refractivity contribution in [3.63, 3.8) is 0 Å². The Morgan fingerprint density at radius 2 is 1.81 bits per heavy atom. The molecule has 1 amide bonds. The third-order valence-electron chi connectivity index (χ3n) is 5.71. The third kappa shape index (κ3) is 4.27. The maximum atomic E-state index is 12.6. The molecule has 2 unspecified atom stereocenters. The lowest BCUT2D eigenvalue weighted by molar-refractivity contribution is 0.0756. The number of carbonyl (C=O) groups excluding carboxylic acids is 1. The van der Waals surface area contributed by atoms with Crippen molar-refractivity contribution in [1.82, 2.24) is 5.32 Å². The van der Waals surface area contributed by atoms with Crippen molar-refractivity contribution >= 4 is 15.7 Å². The standard InChI is InChI=1S/C19H28N2O4S/c1-25-9-10-26(23,24)17-7-5-13(6-8-17)19(22)21-18-14-3-2-4-15(18)12-16(20)11-14/h5-8,14-16,18H,2-4,9-12,20H2,1H3,(H,21,22). The molecule has 2 bridgehead atoms. The minimum Gasteiger partial charge on any atom is -0.384 e. The number of methoxy groups -OCH3 is 1. The molecule has 3 N–H and O–H groups in total. The lowest BCUT2D eigenvalue weighted by Gasteiger charge is -2.45. The summed E-state index contributed by atoms with van der Waals surface area (Å²) < 4.78 is 29.2. The van der Waals surface area contributed by atoms with Gasteiger partial charge in [0.2, 0.25) is 0 Å². The van der Waals surface area contributed by atoms with Crippen molar-refractivity contribution in [3.8, 4) is 0 Å². The summed E-state index contributed by atoms with van der Waals surface area (Å²) in [6.07, 6.45) is 5.39. The number of nitrogens with two attached hydrogens (primary N) is 1. The minimum atomic E-state index is -3.38. The number of amides is 1. The largest absolute Gasteiger partial charge is 0.384 e. The highest BCUT2D eigenvalue weighted by Gasteiger charge is 2.39. The van der Waals surface area contributed by atoms with Crippen molar-refractivity contribution in [2.75, 3.05) is 19.5 Å². The molecule has 0 aromatic heterocycles. The van der Waals surface area contributed by atoms with E-state index in [1.54, 1.807) is 12.1 Å². The van der Waals surface area contributed by atoms with Gasteiger partial charge in [0.25, 0.3) is 5.91 Å². The van der Waals surface area contributed by atoms with Gasteiger partial charge in [0, 0.05) is 24.8 Å². The highest BCUT2D eigenvalue weighted by Crippen LogP contribution is 2.39. The fourth-order valence-electron chi connectivity index (χ4n) is 4.38. The van der Waals surface area contributed by atoms with Gasteiger partial charge in [0.1, 0.15) is 0 Å². The van der Waals surface area contributed by atoms with Crippen molar-refractivity contribution in [3.05, 3.63) is 29.8 Å². The first-order valence-electron chi connectivity index (χ1n) is 9.29. The number of sulfone groups is 1.